The van der Waals surface area contributed by atoms with Gasteiger partial charge in [-0.15, -0.1) is 0 Å². The van der Waals surface area contributed by atoms with Crippen molar-refractivity contribution in [1.29, 1.82) is 0 Å². The zero-order valence-corrected chi connectivity index (χ0v) is 16.6. The molecule has 2 aromatic rings. The molecule has 1 N–H and O–H groups in total. The highest BCUT2D eigenvalue weighted by molar-refractivity contribution is 8.16. The largest absolute Gasteiger partial charge is 0.325 e. The van der Waals surface area contributed by atoms with E-state index in [-0.39, 0.29) is 23.1 Å². The molecule has 6 heteroatoms. The molecule has 1 spiro atoms. The molecule has 144 valence electrons. The summed E-state index contributed by atoms with van der Waals surface area (Å²) in [7, 11) is 0. The van der Waals surface area contributed by atoms with Gasteiger partial charge in [-0.1, -0.05) is 41.6 Å². The average molecular weight is 396 g/mol. The molecule has 4 nitrogen and oxygen atoms in total. The minimum absolute atomic E-state index is 0.144. The molecule has 1 aliphatic carbocycles. The first-order valence-corrected chi connectivity index (χ1v) is 10.5. The van der Waals surface area contributed by atoms with Crippen molar-refractivity contribution in [2.75, 3.05) is 11.1 Å². The van der Waals surface area contributed by atoms with Gasteiger partial charge in [-0.3, -0.25) is 9.79 Å². The molecular formula is C22H22FN3OS. The normalized spacial score (nSPS) is 17.5. The summed E-state index contributed by atoms with van der Waals surface area (Å²) in [6.07, 6.45) is 4.21. The van der Waals surface area contributed by atoms with Crippen molar-refractivity contribution >= 4 is 34.1 Å². The molecule has 2 aromatic carbocycles. The molecule has 0 saturated heterocycles. The molecule has 2 aliphatic rings. The zero-order valence-electron chi connectivity index (χ0n) is 15.7. The van der Waals surface area contributed by atoms with Crippen LogP contribution in [0.15, 0.2) is 58.5 Å². The summed E-state index contributed by atoms with van der Waals surface area (Å²) in [5, 5.41) is 3.63. The molecule has 0 unspecified atom stereocenters. The summed E-state index contributed by atoms with van der Waals surface area (Å²) in [5.41, 5.74) is 3.37. The smallest absolute Gasteiger partial charge is 0.234 e. The maximum Gasteiger partial charge on any atom is 0.234 e. The number of aliphatic imine (C=N–C) groups is 2. The number of hydrogen-bond donors (Lipinski definition) is 1. The minimum atomic E-state index is -0.337. The van der Waals surface area contributed by atoms with E-state index >= 15 is 0 Å². The van der Waals surface area contributed by atoms with Gasteiger partial charge in [0.25, 0.3) is 0 Å². The number of thioether (sulfide) groups is 1. The Morgan fingerprint density at radius 2 is 1.75 bits per heavy atom. The summed E-state index contributed by atoms with van der Waals surface area (Å²) in [6, 6.07) is 14.0. The second kappa shape index (κ2) is 7.87. The predicted molar refractivity (Wildman–Crippen MR) is 114 cm³/mol. The highest BCUT2D eigenvalue weighted by Crippen LogP contribution is 2.40. The summed E-state index contributed by atoms with van der Waals surface area (Å²) < 4.78 is 13.0. The Labute approximate surface area is 168 Å². The average Bonchev–Trinajstić information content (AvgIpc) is 3.30. The molecule has 1 amide bonds. The van der Waals surface area contributed by atoms with Crippen LogP contribution in [0.5, 0.6) is 0 Å². The fourth-order valence-electron chi connectivity index (χ4n) is 3.55. The van der Waals surface area contributed by atoms with E-state index in [0.29, 0.717) is 5.69 Å². The van der Waals surface area contributed by atoms with Crippen LogP contribution in [0.2, 0.25) is 0 Å². The van der Waals surface area contributed by atoms with Crippen molar-refractivity contribution in [1.82, 2.24) is 0 Å². The van der Waals surface area contributed by atoms with Gasteiger partial charge in [-0.05, 0) is 56.9 Å². The van der Waals surface area contributed by atoms with Crippen molar-refractivity contribution in [3.8, 4) is 0 Å². The van der Waals surface area contributed by atoms with Gasteiger partial charge >= 0.3 is 0 Å². The number of nitrogens with zero attached hydrogens (tertiary/aromatic N) is 2. The lowest BCUT2D eigenvalue weighted by atomic mass is 10.1. The van der Waals surface area contributed by atoms with Gasteiger partial charge < -0.3 is 5.32 Å². The van der Waals surface area contributed by atoms with Gasteiger partial charge in [-0.25, -0.2) is 9.38 Å². The highest BCUT2D eigenvalue weighted by atomic mass is 32.2. The summed E-state index contributed by atoms with van der Waals surface area (Å²) in [4.78, 5) is 22.3. The van der Waals surface area contributed by atoms with Gasteiger partial charge in [0.05, 0.1) is 11.5 Å². The van der Waals surface area contributed by atoms with Crippen LogP contribution in [0.4, 0.5) is 10.1 Å². The Balaban J connectivity index is 1.48. The quantitative estimate of drug-likeness (QED) is 0.794. The van der Waals surface area contributed by atoms with E-state index in [1.807, 2.05) is 0 Å². The van der Waals surface area contributed by atoms with Gasteiger partial charge in [0, 0.05) is 11.3 Å². The lowest BCUT2D eigenvalue weighted by Gasteiger charge is -2.14. The molecule has 28 heavy (non-hydrogen) atoms. The lowest BCUT2D eigenvalue weighted by Crippen LogP contribution is -2.17. The van der Waals surface area contributed by atoms with Crippen LogP contribution in [-0.4, -0.2) is 28.1 Å². The molecule has 1 fully saturated rings. The van der Waals surface area contributed by atoms with E-state index in [4.69, 9.17) is 9.98 Å². The van der Waals surface area contributed by atoms with Crippen LogP contribution in [0.3, 0.4) is 0 Å². The van der Waals surface area contributed by atoms with E-state index in [0.717, 1.165) is 42.0 Å². The Morgan fingerprint density at radius 1 is 1.07 bits per heavy atom. The van der Waals surface area contributed by atoms with Gasteiger partial charge in [0.15, 0.2) is 5.66 Å². The first kappa shape index (κ1) is 18.9. The number of halogens is 1. The molecule has 1 heterocycles. The number of nitrogens with one attached hydrogen (secondary N) is 1. The lowest BCUT2D eigenvalue weighted by molar-refractivity contribution is -0.113. The third-order valence-electron chi connectivity index (χ3n) is 5.03. The van der Waals surface area contributed by atoms with Gasteiger partial charge in [0.1, 0.15) is 10.9 Å². The zero-order chi connectivity index (χ0) is 19.6. The fraction of sp³-hybridized carbons (Fsp3) is 0.318. The van der Waals surface area contributed by atoms with E-state index in [1.54, 1.807) is 12.1 Å². The summed E-state index contributed by atoms with van der Waals surface area (Å²) in [5.74, 6) is -0.236. The van der Waals surface area contributed by atoms with Crippen LogP contribution in [-0.2, 0) is 4.79 Å². The Bertz CT molecular complexity index is 929. The Hall–Kier alpha value is -2.47. The third kappa shape index (κ3) is 4.17. The van der Waals surface area contributed by atoms with Crippen LogP contribution >= 0.6 is 11.8 Å². The first-order valence-electron chi connectivity index (χ1n) is 9.48. The predicted octanol–water partition coefficient (Wildman–Crippen LogP) is 4.98. The summed E-state index contributed by atoms with van der Waals surface area (Å²) >= 11 is 1.42. The van der Waals surface area contributed by atoms with E-state index in [9.17, 15) is 9.18 Å². The molecule has 1 saturated carbocycles. The molecule has 0 radical (unpaired) electrons. The van der Waals surface area contributed by atoms with Crippen LogP contribution in [0.25, 0.3) is 0 Å². The first-order chi connectivity index (χ1) is 13.5. The van der Waals surface area contributed by atoms with Crippen LogP contribution < -0.4 is 5.32 Å². The summed E-state index contributed by atoms with van der Waals surface area (Å²) in [6.45, 7) is 2.06. The number of benzene rings is 2. The molecule has 1 aliphatic heterocycles. The Morgan fingerprint density at radius 3 is 2.43 bits per heavy atom. The maximum atomic E-state index is 13.0. The topological polar surface area (TPSA) is 53.8 Å². The molecule has 0 aromatic heterocycles. The molecule has 4 rings (SSSR count). The van der Waals surface area contributed by atoms with Crippen LogP contribution in [0, 0.1) is 12.7 Å². The standard InChI is InChI=1S/C22H22FN3OS/c1-15-4-6-16(7-5-15)20-21(26-22(25-20)12-2-3-13-22)28-14-19(27)24-18-10-8-17(23)9-11-18/h4-11H,2-3,12-14H2,1H3,(H,24,27). The van der Waals surface area contributed by atoms with Crippen molar-refractivity contribution in [2.24, 2.45) is 9.98 Å². The second-order valence-electron chi connectivity index (χ2n) is 7.28. The number of anilines is 1. The second-order valence-corrected chi connectivity index (χ2v) is 8.24. The van der Waals surface area contributed by atoms with E-state index < -0.39 is 0 Å². The van der Waals surface area contributed by atoms with Crippen molar-refractivity contribution < 1.29 is 9.18 Å². The fourth-order valence-corrected chi connectivity index (χ4v) is 4.43. The number of rotatable bonds is 4. The van der Waals surface area contributed by atoms with Crippen LogP contribution in [0.1, 0.15) is 36.8 Å². The molecule has 0 atom stereocenters. The Kier molecular flexibility index (Phi) is 5.31. The molecule has 0 bridgehead atoms. The van der Waals surface area contributed by atoms with E-state index in [2.05, 4.69) is 36.5 Å². The highest BCUT2D eigenvalue weighted by Gasteiger charge is 2.39. The van der Waals surface area contributed by atoms with Crippen molar-refractivity contribution in [3.05, 3.63) is 65.5 Å². The van der Waals surface area contributed by atoms with Gasteiger partial charge in [0.2, 0.25) is 5.91 Å². The molecular weight excluding hydrogens is 373 g/mol. The number of hydrogen-bond acceptors (Lipinski definition) is 4. The van der Waals surface area contributed by atoms with Gasteiger partial charge in [-0.2, -0.15) is 0 Å². The third-order valence-corrected chi connectivity index (χ3v) is 5.99. The number of amides is 1. The number of aryl methyl sites for hydroxylation is 1. The number of carbonyl (C=O) groups excluding carboxylic acids is 1. The van der Waals surface area contributed by atoms with Crippen molar-refractivity contribution in [3.63, 3.8) is 0 Å². The number of carbonyl (C=O) groups is 1. The minimum Gasteiger partial charge on any atom is -0.325 e. The maximum absolute atomic E-state index is 13.0. The van der Waals surface area contributed by atoms with E-state index in [1.165, 1.54) is 29.5 Å². The monoisotopic (exact) mass is 395 g/mol. The van der Waals surface area contributed by atoms with Crippen molar-refractivity contribution in [2.45, 2.75) is 38.3 Å². The SMILES string of the molecule is Cc1ccc(C2=NC3(CCCC3)N=C2SCC(=O)Nc2ccc(F)cc2)cc1.